The van der Waals surface area contributed by atoms with E-state index < -0.39 is 6.10 Å². The van der Waals surface area contributed by atoms with Crippen molar-refractivity contribution >= 4 is 11.6 Å². The minimum atomic E-state index is -0.591. The molecule has 2 aromatic carbocycles. The van der Waals surface area contributed by atoms with Crippen molar-refractivity contribution < 1.29 is 14.3 Å². The van der Waals surface area contributed by atoms with Crippen molar-refractivity contribution in [1.82, 2.24) is 0 Å². The fourth-order valence-electron chi connectivity index (χ4n) is 3.99. The molecule has 1 aliphatic carbocycles. The molecule has 0 bridgehead atoms. The topological polar surface area (TPSA) is 47.6 Å². The van der Waals surface area contributed by atoms with Crippen LogP contribution >= 0.6 is 0 Å². The lowest BCUT2D eigenvalue weighted by molar-refractivity contribution is -0.122. The number of hydrogen-bond acceptors (Lipinski definition) is 3. The first-order valence-electron chi connectivity index (χ1n) is 11.6. The van der Waals surface area contributed by atoms with E-state index in [9.17, 15) is 4.79 Å². The summed E-state index contributed by atoms with van der Waals surface area (Å²) in [6, 6.07) is 15.5. The number of nitrogens with one attached hydrogen (secondary N) is 1. The van der Waals surface area contributed by atoms with Crippen LogP contribution in [-0.2, 0) is 10.2 Å². The van der Waals surface area contributed by atoms with Gasteiger partial charge in [-0.1, -0.05) is 65.0 Å². The Balaban J connectivity index is 1.43. The molecular formula is C27H37NO3. The molecule has 0 spiro atoms. The Morgan fingerprint density at radius 2 is 1.58 bits per heavy atom. The van der Waals surface area contributed by atoms with Crippen LogP contribution in [0.3, 0.4) is 0 Å². The maximum Gasteiger partial charge on any atom is 0.265 e. The first kappa shape index (κ1) is 23.2. The third-order valence-corrected chi connectivity index (χ3v) is 6.04. The van der Waals surface area contributed by atoms with Gasteiger partial charge in [-0.2, -0.15) is 0 Å². The SMILES string of the molecule is CC(Oc1ccc(C(C)(C)C)cc1)C(=O)Nc1ccc(OCCC2CCCCC2)cc1. The number of anilines is 1. The van der Waals surface area contributed by atoms with E-state index >= 15 is 0 Å². The van der Waals surface area contributed by atoms with Crippen LogP contribution in [0.4, 0.5) is 5.69 Å². The molecular weight excluding hydrogens is 386 g/mol. The van der Waals surface area contributed by atoms with Gasteiger partial charge in [-0.05, 0) is 66.6 Å². The summed E-state index contributed by atoms with van der Waals surface area (Å²) in [4.78, 5) is 12.5. The molecule has 0 aromatic heterocycles. The molecule has 4 nitrogen and oxygen atoms in total. The second kappa shape index (κ2) is 10.7. The van der Waals surface area contributed by atoms with Gasteiger partial charge in [-0.15, -0.1) is 0 Å². The lowest BCUT2D eigenvalue weighted by Crippen LogP contribution is -2.30. The van der Waals surface area contributed by atoms with Crippen molar-refractivity contribution in [3.63, 3.8) is 0 Å². The van der Waals surface area contributed by atoms with Crippen molar-refractivity contribution in [3.05, 3.63) is 54.1 Å². The fraction of sp³-hybridized carbons (Fsp3) is 0.519. The monoisotopic (exact) mass is 423 g/mol. The molecule has 1 unspecified atom stereocenters. The zero-order valence-corrected chi connectivity index (χ0v) is 19.4. The van der Waals surface area contributed by atoms with Crippen molar-refractivity contribution in [1.29, 1.82) is 0 Å². The van der Waals surface area contributed by atoms with Gasteiger partial charge < -0.3 is 14.8 Å². The molecule has 168 valence electrons. The van der Waals surface area contributed by atoms with E-state index in [4.69, 9.17) is 9.47 Å². The van der Waals surface area contributed by atoms with Gasteiger partial charge in [0.05, 0.1) is 6.61 Å². The van der Waals surface area contributed by atoms with E-state index in [0.717, 1.165) is 30.4 Å². The molecule has 4 heteroatoms. The number of rotatable bonds is 8. The number of amides is 1. The zero-order chi connectivity index (χ0) is 22.3. The lowest BCUT2D eigenvalue weighted by Gasteiger charge is -2.21. The van der Waals surface area contributed by atoms with E-state index in [1.807, 2.05) is 48.5 Å². The number of carbonyl (C=O) groups is 1. The van der Waals surface area contributed by atoms with E-state index in [-0.39, 0.29) is 11.3 Å². The second-order valence-electron chi connectivity index (χ2n) is 9.69. The van der Waals surface area contributed by atoms with E-state index in [2.05, 4.69) is 26.1 Å². The van der Waals surface area contributed by atoms with Crippen LogP contribution in [0, 0.1) is 5.92 Å². The maximum absolute atomic E-state index is 12.5. The van der Waals surface area contributed by atoms with Gasteiger partial charge in [-0.3, -0.25) is 4.79 Å². The molecule has 1 fully saturated rings. The number of carbonyl (C=O) groups excluding carboxylic acids is 1. The summed E-state index contributed by atoms with van der Waals surface area (Å²) in [6.07, 6.45) is 7.34. The first-order chi connectivity index (χ1) is 14.8. The summed E-state index contributed by atoms with van der Waals surface area (Å²) in [5.74, 6) is 2.18. The van der Waals surface area contributed by atoms with Crippen molar-refractivity contribution in [3.8, 4) is 11.5 Å². The third-order valence-electron chi connectivity index (χ3n) is 6.04. The molecule has 1 amide bonds. The van der Waals surface area contributed by atoms with Crippen LogP contribution in [0.5, 0.6) is 11.5 Å². The molecule has 0 radical (unpaired) electrons. The van der Waals surface area contributed by atoms with Crippen LogP contribution in [0.25, 0.3) is 0 Å². The van der Waals surface area contributed by atoms with Gasteiger partial charge in [-0.25, -0.2) is 0 Å². The van der Waals surface area contributed by atoms with Crippen molar-refractivity contribution in [2.45, 2.75) is 77.7 Å². The Morgan fingerprint density at radius 1 is 0.968 bits per heavy atom. The van der Waals surface area contributed by atoms with Gasteiger partial charge >= 0.3 is 0 Å². The summed E-state index contributed by atoms with van der Waals surface area (Å²) in [7, 11) is 0. The first-order valence-corrected chi connectivity index (χ1v) is 11.6. The van der Waals surface area contributed by atoms with Crippen LogP contribution in [0.15, 0.2) is 48.5 Å². The van der Waals surface area contributed by atoms with E-state index in [1.165, 1.54) is 37.7 Å². The van der Waals surface area contributed by atoms with Gasteiger partial charge in [0.1, 0.15) is 11.5 Å². The molecule has 3 rings (SSSR count). The molecule has 0 aliphatic heterocycles. The molecule has 1 saturated carbocycles. The zero-order valence-electron chi connectivity index (χ0n) is 19.4. The Hall–Kier alpha value is -2.49. The summed E-state index contributed by atoms with van der Waals surface area (Å²) in [6.45, 7) is 9.04. The van der Waals surface area contributed by atoms with Crippen LogP contribution in [0.2, 0.25) is 0 Å². The predicted octanol–water partition coefficient (Wildman–Crippen LogP) is 6.74. The van der Waals surface area contributed by atoms with Crippen LogP contribution in [0.1, 0.15) is 71.8 Å². The van der Waals surface area contributed by atoms with Gasteiger partial charge in [0, 0.05) is 5.69 Å². The molecule has 1 atom stereocenters. The highest BCUT2D eigenvalue weighted by atomic mass is 16.5. The second-order valence-corrected chi connectivity index (χ2v) is 9.69. The Kier molecular flexibility index (Phi) is 8.00. The lowest BCUT2D eigenvalue weighted by atomic mass is 9.87. The molecule has 2 aromatic rings. The van der Waals surface area contributed by atoms with E-state index in [1.54, 1.807) is 6.92 Å². The van der Waals surface area contributed by atoms with Crippen LogP contribution in [-0.4, -0.2) is 18.6 Å². The molecule has 31 heavy (non-hydrogen) atoms. The van der Waals surface area contributed by atoms with Crippen molar-refractivity contribution in [2.75, 3.05) is 11.9 Å². The molecule has 0 heterocycles. The van der Waals surface area contributed by atoms with Gasteiger partial charge in [0.2, 0.25) is 0 Å². The predicted molar refractivity (Wildman–Crippen MR) is 127 cm³/mol. The van der Waals surface area contributed by atoms with Gasteiger partial charge in [0.25, 0.3) is 5.91 Å². The molecule has 1 N–H and O–H groups in total. The average molecular weight is 424 g/mol. The standard InChI is InChI=1S/C27H37NO3/c1-20(31-25-14-10-22(11-15-25)27(2,3)4)26(29)28-23-12-16-24(17-13-23)30-19-18-21-8-6-5-7-9-21/h10-17,20-21H,5-9,18-19H2,1-4H3,(H,28,29). The largest absolute Gasteiger partial charge is 0.494 e. The Labute approximate surface area is 187 Å². The van der Waals surface area contributed by atoms with E-state index in [0.29, 0.717) is 5.75 Å². The summed E-state index contributed by atoms with van der Waals surface area (Å²) < 4.78 is 11.7. The quantitative estimate of drug-likeness (QED) is 0.511. The molecule has 0 saturated heterocycles. The average Bonchev–Trinajstić information content (AvgIpc) is 2.75. The normalized spacial score (nSPS) is 15.9. The Bertz CT molecular complexity index is 815. The fourth-order valence-corrected chi connectivity index (χ4v) is 3.99. The summed E-state index contributed by atoms with van der Waals surface area (Å²) >= 11 is 0. The smallest absolute Gasteiger partial charge is 0.265 e. The number of ether oxygens (including phenoxy) is 2. The van der Waals surface area contributed by atoms with Gasteiger partial charge in [0.15, 0.2) is 6.10 Å². The highest BCUT2D eigenvalue weighted by Gasteiger charge is 2.17. The third kappa shape index (κ3) is 7.30. The summed E-state index contributed by atoms with van der Waals surface area (Å²) in [5, 5.41) is 2.91. The van der Waals surface area contributed by atoms with Crippen LogP contribution < -0.4 is 14.8 Å². The highest BCUT2D eigenvalue weighted by Crippen LogP contribution is 2.27. The minimum absolute atomic E-state index is 0.0905. The van der Waals surface area contributed by atoms with Crippen molar-refractivity contribution in [2.24, 2.45) is 5.92 Å². The minimum Gasteiger partial charge on any atom is -0.494 e. The highest BCUT2D eigenvalue weighted by molar-refractivity contribution is 5.94. The number of hydrogen-bond donors (Lipinski definition) is 1. The number of benzene rings is 2. The summed E-state index contributed by atoms with van der Waals surface area (Å²) in [5.41, 5.74) is 2.06. The molecule has 1 aliphatic rings. The Morgan fingerprint density at radius 3 is 2.19 bits per heavy atom. The maximum atomic E-state index is 12.5.